The maximum Gasteiger partial charge on any atom is 0.413 e. The first-order valence-electron chi connectivity index (χ1n) is 5.52. The Hall–Kier alpha value is -0.200. The molecule has 100 valence electrons. The van der Waals surface area contributed by atoms with Gasteiger partial charge in [0, 0.05) is 5.33 Å². The van der Waals surface area contributed by atoms with Crippen LogP contribution in [-0.4, -0.2) is 21.6 Å². The normalized spacial score (nSPS) is 13.8. The van der Waals surface area contributed by atoms with Crippen molar-refractivity contribution in [1.82, 2.24) is 5.32 Å². The van der Waals surface area contributed by atoms with Crippen LogP contribution in [0.5, 0.6) is 5.75 Å². The first-order valence-corrected chi connectivity index (χ1v) is 8.07. The van der Waals surface area contributed by atoms with Crippen LogP contribution in [0.2, 0.25) is 0 Å². The van der Waals surface area contributed by atoms with E-state index >= 15 is 0 Å². The maximum atomic E-state index is 11.6. The summed E-state index contributed by atoms with van der Waals surface area (Å²) in [5.41, 5.74) is 1.20. The van der Waals surface area contributed by atoms with Crippen molar-refractivity contribution in [3.8, 4) is 5.75 Å². The number of nitrogens with one attached hydrogen (secondary N) is 1. The van der Waals surface area contributed by atoms with E-state index in [0.717, 1.165) is 6.42 Å². The number of aryl methyl sites for hydroxylation is 1. The van der Waals surface area contributed by atoms with Crippen molar-refractivity contribution in [2.75, 3.05) is 5.33 Å². The molecular weight excluding hydrogens is 382 g/mol. The number of thiol groups is 1. The van der Waals surface area contributed by atoms with Crippen molar-refractivity contribution in [3.05, 3.63) is 29.8 Å². The second kappa shape index (κ2) is 8.07. The standard InChI is InChI=1S/C12H15Br2NO2S/c1-2-8-3-5-9(6-4-8)17-12(16)15-11(18)10(14)7-13/h3-6,10-11,18H,2,7H2,1H3,(H,15,16). The molecule has 0 heterocycles. The molecule has 0 aliphatic carbocycles. The van der Waals surface area contributed by atoms with Gasteiger partial charge in [0.1, 0.15) is 5.75 Å². The predicted octanol–water partition coefficient (Wildman–Crippen LogP) is 3.75. The molecule has 3 nitrogen and oxygen atoms in total. The van der Waals surface area contributed by atoms with E-state index in [1.54, 1.807) is 12.1 Å². The Bertz CT molecular complexity index is 386. The van der Waals surface area contributed by atoms with Gasteiger partial charge in [0.25, 0.3) is 0 Å². The lowest BCUT2D eigenvalue weighted by molar-refractivity contribution is 0.199. The van der Waals surface area contributed by atoms with Crippen LogP contribution in [0.3, 0.4) is 0 Å². The second-order valence-electron chi connectivity index (χ2n) is 3.65. The monoisotopic (exact) mass is 395 g/mol. The van der Waals surface area contributed by atoms with Gasteiger partial charge in [0.15, 0.2) is 0 Å². The van der Waals surface area contributed by atoms with Gasteiger partial charge in [-0.25, -0.2) is 4.79 Å². The van der Waals surface area contributed by atoms with Gasteiger partial charge in [-0.2, -0.15) is 12.6 Å². The molecule has 1 aromatic carbocycles. The number of carbonyl (C=O) groups excluding carboxylic acids is 1. The van der Waals surface area contributed by atoms with Crippen molar-refractivity contribution in [1.29, 1.82) is 0 Å². The quantitative estimate of drug-likeness (QED) is 0.451. The van der Waals surface area contributed by atoms with Crippen molar-refractivity contribution in [2.24, 2.45) is 0 Å². The zero-order valence-corrected chi connectivity index (χ0v) is 14.0. The number of hydrogen-bond donors (Lipinski definition) is 2. The average molecular weight is 397 g/mol. The van der Waals surface area contributed by atoms with Crippen LogP contribution >= 0.6 is 44.5 Å². The van der Waals surface area contributed by atoms with Gasteiger partial charge in [0.05, 0.1) is 10.2 Å². The van der Waals surface area contributed by atoms with Crippen molar-refractivity contribution < 1.29 is 9.53 Å². The minimum Gasteiger partial charge on any atom is -0.410 e. The van der Waals surface area contributed by atoms with Gasteiger partial charge in [-0.3, -0.25) is 0 Å². The number of carbonyl (C=O) groups is 1. The molecule has 1 aromatic rings. The summed E-state index contributed by atoms with van der Waals surface area (Å²) in [4.78, 5) is 11.6. The van der Waals surface area contributed by atoms with Crippen LogP contribution < -0.4 is 10.1 Å². The highest BCUT2D eigenvalue weighted by Gasteiger charge is 2.17. The molecule has 0 aliphatic heterocycles. The summed E-state index contributed by atoms with van der Waals surface area (Å²) in [6.07, 6.45) is 0.450. The average Bonchev–Trinajstić information content (AvgIpc) is 2.38. The topological polar surface area (TPSA) is 38.3 Å². The highest BCUT2D eigenvalue weighted by Crippen LogP contribution is 2.15. The lowest BCUT2D eigenvalue weighted by Gasteiger charge is -2.16. The lowest BCUT2D eigenvalue weighted by atomic mass is 10.2. The molecule has 2 unspecified atom stereocenters. The summed E-state index contributed by atoms with van der Waals surface area (Å²) < 4.78 is 5.14. The van der Waals surface area contributed by atoms with E-state index in [4.69, 9.17) is 4.74 Å². The Balaban J connectivity index is 2.48. The fourth-order valence-electron chi connectivity index (χ4n) is 1.23. The van der Waals surface area contributed by atoms with Crippen LogP contribution in [0.25, 0.3) is 0 Å². The smallest absolute Gasteiger partial charge is 0.410 e. The number of rotatable bonds is 5. The van der Waals surface area contributed by atoms with Crippen LogP contribution in [0.4, 0.5) is 4.79 Å². The van der Waals surface area contributed by atoms with Gasteiger partial charge >= 0.3 is 6.09 Å². The second-order valence-corrected chi connectivity index (χ2v) is 6.03. The largest absolute Gasteiger partial charge is 0.413 e. The fraction of sp³-hybridized carbons (Fsp3) is 0.417. The predicted molar refractivity (Wildman–Crippen MR) is 84.3 cm³/mol. The Kier molecular flexibility index (Phi) is 7.11. The summed E-state index contributed by atoms with van der Waals surface area (Å²) in [5.74, 6) is 0.523. The first kappa shape index (κ1) is 15.9. The molecular formula is C12H15Br2NO2S. The van der Waals surface area contributed by atoms with Crippen LogP contribution in [0.15, 0.2) is 24.3 Å². The summed E-state index contributed by atoms with van der Waals surface area (Å²) in [7, 11) is 0. The molecule has 0 aromatic heterocycles. The van der Waals surface area contributed by atoms with E-state index in [1.165, 1.54) is 5.56 Å². The van der Waals surface area contributed by atoms with Crippen molar-refractivity contribution in [2.45, 2.75) is 23.5 Å². The van der Waals surface area contributed by atoms with E-state index in [2.05, 4.69) is 56.7 Å². The molecule has 1 N–H and O–H groups in total. The zero-order valence-electron chi connectivity index (χ0n) is 9.90. The van der Waals surface area contributed by atoms with Gasteiger partial charge in [-0.05, 0) is 24.1 Å². The number of hydrogen-bond acceptors (Lipinski definition) is 3. The molecule has 0 saturated carbocycles. The summed E-state index contributed by atoms with van der Waals surface area (Å²) in [5, 5.41) is 3.01. The molecule has 0 fully saturated rings. The molecule has 0 radical (unpaired) electrons. The summed E-state index contributed by atoms with van der Waals surface area (Å²) in [6.45, 7) is 2.07. The summed E-state index contributed by atoms with van der Waals surface area (Å²) >= 11 is 10.9. The minimum atomic E-state index is -0.510. The van der Waals surface area contributed by atoms with Gasteiger partial charge in [-0.1, -0.05) is 50.9 Å². The van der Waals surface area contributed by atoms with Crippen LogP contribution in [0, 0.1) is 0 Å². The molecule has 6 heteroatoms. The number of ether oxygens (including phenoxy) is 1. The number of alkyl halides is 2. The number of amides is 1. The van der Waals surface area contributed by atoms with Gasteiger partial charge < -0.3 is 10.1 Å². The minimum absolute atomic E-state index is 0.0378. The zero-order chi connectivity index (χ0) is 13.5. The molecule has 18 heavy (non-hydrogen) atoms. The highest BCUT2D eigenvalue weighted by molar-refractivity contribution is 9.12. The molecule has 0 saturated heterocycles. The van der Waals surface area contributed by atoms with E-state index in [-0.39, 0.29) is 10.2 Å². The number of benzene rings is 1. The molecule has 1 amide bonds. The highest BCUT2D eigenvalue weighted by atomic mass is 79.9. The molecule has 0 aliphatic rings. The Morgan fingerprint density at radius 1 is 1.44 bits per heavy atom. The van der Waals surface area contributed by atoms with Gasteiger partial charge in [-0.15, -0.1) is 0 Å². The molecule has 1 rings (SSSR count). The first-order chi connectivity index (χ1) is 8.56. The van der Waals surface area contributed by atoms with E-state index in [1.807, 2.05) is 12.1 Å². The molecule has 2 atom stereocenters. The number of halogens is 2. The molecule has 0 bridgehead atoms. The third-order valence-electron chi connectivity index (χ3n) is 2.30. The third-order valence-corrected chi connectivity index (χ3v) is 5.61. The maximum absolute atomic E-state index is 11.6. The van der Waals surface area contributed by atoms with Crippen LogP contribution in [0.1, 0.15) is 12.5 Å². The van der Waals surface area contributed by atoms with E-state index in [0.29, 0.717) is 11.1 Å². The van der Waals surface area contributed by atoms with Crippen molar-refractivity contribution >= 4 is 50.6 Å². The Morgan fingerprint density at radius 2 is 2.06 bits per heavy atom. The SMILES string of the molecule is CCc1ccc(OC(=O)NC(S)C(Br)CBr)cc1. The Morgan fingerprint density at radius 3 is 2.56 bits per heavy atom. The third kappa shape index (κ3) is 5.20. The fourth-order valence-corrected chi connectivity index (χ4v) is 2.23. The molecule has 0 spiro atoms. The van der Waals surface area contributed by atoms with E-state index in [9.17, 15) is 4.79 Å². The van der Waals surface area contributed by atoms with Crippen LogP contribution in [-0.2, 0) is 6.42 Å². The van der Waals surface area contributed by atoms with E-state index < -0.39 is 6.09 Å². The lowest BCUT2D eigenvalue weighted by Crippen LogP contribution is -2.39. The Labute approximate surface area is 129 Å². The van der Waals surface area contributed by atoms with Crippen molar-refractivity contribution in [3.63, 3.8) is 0 Å². The van der Waals surface area contributed by atoms with Gasteiger partial charge in [0.2, 0.25) is 0 Å². The summed E-state index contributed by atoms with van der Waals surface area (Å²) in [6, 6.07) is 7.43.